The van der Waals surface area contributed by atoms with E-state index in [9.17, 15) is 9.18 Å². The minimum absolute atomic E-state index is 0.272. The average Bonchev–Trinajstić information content (AvgIpc) is 2.69. The fraction of sp³-hybridized carbons (Fsp3) is 0.100. The molecule has 0 fully saturated rings. The molecule has 1 aromatic heterocycles. The van der Waals surface area contributed by atoms with Gasteiger partial charge >= 0.3 is 0 Å². The molecule has 3 aromatic rings. The summed E-state index contributed by atoms with van der Waals surface area (Å²) in [5, 5.41) is 5.94. The van der Waals surface area contributed by atoms with E-state index in [2.05, 4.69) is 15.6 Å². The predicted octanol–water partition coefficient (Wildman–Crippen LogP) is 4.09. The van der Waals surface area contributed by atoms with E-state index in [1.165, 1.54) is 24.3 Å². The van der Waals surface area contributed by atoms with Crippen LogP contribution < -0.4 is 15.4 Å². The second-order valence-electron chi connectivity index (χ2n) is 5.59. The van der Waals surface area contributed by atoms with Gasteiger partial charge in [-0.25, -0.2) is 4.39 Å². The van der Waals surface area contributed by atoms with Crippen molar-refractivity contribution >= 4 is 17.3 Å². The van der Waals surface area contributed by atoms with E-state index < -0.39 is 0 Å². The van der Waals surface area contributed by atoms with Gasteiger partial charge in [-0.15, -0.1) is 0 Å². The molecule has 0 aliphatic carbocycles. The number of aromatic nitrogens is 1. The smallest absolute Gasteiger partial charge is 0.274 e. The Hall–Kier alpha value is -3.41. The molecule has 6 heteroatoms. The predicted molar refractivity (Wildman–Crippen MR) is 98.9 cm³/mol. The van der Waals surface area contributed by atoms with Crippen LogP contribution >= 0.6 is 0 Å². The lowest BCUT2D eigenvalue weighted by Crippen LogP contribution is -2.14. The Labute approximate surface area is 150 Å². The molecule has 2 aromatic carbocycles. The zero-order valence-electron chi connectivity index (χ0n) is 14.2. The number of amides is 1. The minimum atomic E-state index is -0.357. The lowest BCUT2D eigenvalue weighted by atomic mass is 10.2. The Bertz CT molecular complexity index is 880. The molecular weight excluding hydrogens is 333 g/mol. The van der Waals surface area contributed by atoms with Gasteiger partial charge in [0.15, 0.2) is 0 Å². The van der Waals surface area contributed by atoms with Crippen LogP contribution in [-0.2, 0) is 6.54 Å². The molecule has 0 aliphatic rings. The molecule has 0 unspecified atom stereocenters. The van der Waals surface area contributed by atoms with Gasteiger partial charge in [0.1, 0.15) is 17.3 Å². The lowest BCUT2D eigenvalue weighted by molar-refractivity contribution is 0.102. The number of carbonyl (C=O) groups is 1. The first-order valence-corrected chi connectivity index (χ1v) is 8.04. The van der Waals surface area contributed by atoms with E-state index in [-0.39, 0.29) is 17.4 Å². The van der Waals surface area contributed by atoms with Gasteiger partial charge in [-0.1, -0.05) is 12.1 Å². The highest BCUT2D eigenvalue weighted by molar-refractivity contribution is 6.03. The number of nitrogens with one attached hydrogen (secondary N) is 2. The van der Waals surface area contributed by atoms with Gasteiger partial charge in [0.25, 0.3) is 5.91 Å². The molecule has 3 rings (SSSR count). The third-order valence-corrected chi connectivity index (χ3v) is 3.75. The number of anilines is 2. The summed E-state index contributed by atoms with van der Waals surface area (Å²) >= 11 is 0. The topological polar surface area (TPSA) is 63.2 Å². The molecule has 2 N–H and O–H groups in total. The van der Waals surface area contributed by atoms with E-state index in [1.54, 1.807) is 25.4 Å². The van der Waals surface area contributed by atoms with Gasteiger partial charge < -0.3 is 15.4 Å². The van der Waals surface area contributed by atoms with Crippen LogP contribution in [-0.4, -0.2) is 18.0 Å². The van der Waals surface area contributed by atoms with Crippen molar-refractivity contribution in [3.05, 3.63) is 83.9 Å². The first-order chi connectivity index (χ1) is 12.6. The molecule has 26 heavy (non-hydrogen) atoms. The second kappa shape index (κ2) is 8.11. The molecule has 1 heterocycles. The van der Waals surface area contributed by atoms with Crippen molar-refractivity contribution in [2.75, 3.05) is 17.7 Å². The van der Waals surface area contributed by atoms with Gasteiger partial charge in [-0.3, -0.25) is 9.78 Å². The Morgan fingerprint density at radius 2 is 1.77 bits per heavy atom. The number of carbonyl (C=O) groups excluding carboxylic acids is 1. The molecule has 0 atom stereocenters. The first-order valence-electron chi connectivity index (χ1n) is 8.04. The van der Waals surface area contributed by atoms with E-state index in [4.69, 9.17) is 4.74 Å². The summed E-state index contributed by atoms with van der Waals surface area (Å²) in [5.41, 5.74) is 2.64. The van der Waals surface area contributed by atoms with Crippen LogP contribution in [0.4, 0.5) is 15.8 Å². The minimum Gasteiger partial charge on any atom is -0.497 e. The van der Waals surface area contributed by atoms with Crippen LogP contribution in [0, 0.1) is 5.82 Å². The highest BCUT2D eigenvalue weighted by Crippen LogP contribution is 2.15. The van der Waals surface area contributed by atoms with Crippen LogP contribution in [0.2, 0.25) is 0 Å². The van der Waals surface area contributed by atoms with Crippen molar-refractivity contribution < 1.29 is 13.9 Å². The van der Waals surface area contributed by atoms with Crippen LogP contribution in [0.25, 0.3) is 0 Å². The van der Waals surface area contributed by atoms with Gasteiger partial charge in [0.05, 0.1) is 7.11 Å². The van der Waals surface area contributed by atoms with Crippen LogP contribution in [0.5, 0.6) is 5.75 Å². The van der Waals surface area contributed by atoms with E-state index in [0.717, 1.165) is 17.0 Å². The maximum absolute atomic E-state index is 12.9. The van der Waals surface area contributed by atoms with Crippen molar-refractivity contribution in [1.29, 1.82) is 0 Å². The van der Waals surface area contributed by atoms with Gasteiger partial charge in [-0.2, -0.15) is 0 Å². The third-order valence-electron chi connectivity index (χ3n) is 3.75. The number of nitrogens with zero attached hydrogens (tertiary/aromatic N) is 1. The quantitative estimate of drug-likeness (QED) is 0.702. The summed E-state index contributed by atoms with van der Waals surface area (Å²) in [6, 6.07) is 16.8. The van der Waals surface area contributed by atoms with Crippen molar-refractivity contribution in [2.24, 2.45) is 0 Å². The largest absolute Gasteiger partial charge is 0.497 e. The number of ether oxygens (including phenoxy) is 1. The highest BCUT2D eigenvalue weighted by Gasteiger charge is 2.08. The summed E-state index contributed by atoms with van der Waals surface area (Å²) in [7, 11) is 1.63. The van der Waals surface area contributed by atoms with Gasteiger partial charge in [0.2, 0.25) is 0 Å². The molecule has 1 amide bonds. The maximum atomic E-state index is 12.9. The summed E-state index contributed by atoms with van der Waals surface area (Å²) < 4.78 is 18.1. The van der Waals surface area contributed by atoms with Crippen LogP contribution in [0.15, 0.2) is 66.9 Å². The molecule has 0 bridgehead atoms. The fourth-order valence-corrected chi connectivity index (χ4v) is 2.34. The van der Waals surface area contributed by atoms with E-state index >= 15 is 0 Å². The molecule has 0 saturated carbocycles. The number of hydrogen-bond donors (Lipinski definition) is 2. The monoisotopic (exact) mass is 351 g/mol. The van der Waals surface area contributed by atoms with E-state index in [1.807, 2.05) is 24.3 Å². The zero-order chi connectivity index (χ0) is 18.4. The standard InChI is InChI=1S/C20H18FN3O2/c1-26-18-8-2-14(3-9-18)13-23-17-10-11-22-19(12-17)20(25)24-16-6-4-15(21)5-7-16/h2-12H,13H2,1H3,(H,22,23)(H,24,25). The molecule has 5 nitrogen and oxygen atoms in total. The molecular formula is C20H18FN3O2. The highest BCUT2D eigenvalue weighted by atomic mass is 19.1. The third kappa shape index (κ3) is 4.57. The maximum Gasteiger partial charge on any atom is 0.274 e. The molecule has 0 saturated heterocycles. The van der Waals surface area contributed by atoms with E-state index in [0.29, 0.717) is 12.2 Å². The molecule has 132 valence electrons. The van der Waals surface area contributed by atoms with Crippen LogP contribution in [0.1, 0.15) is 16.1 Å². The number of methoxy groups -OCH3 is 1. The Morgan fingerprint density at radius 1 is 1.04 bits per heavy atom. The second-order valence-corrected chi connectivity index (χ2v) is 5.59. The molecule has 0 spiro atoms. The normalized spacial score (nSPS) is 10.2. The summed E-state index contributed by atoms with van der Waals surface area (Å²) in [4.78, 5) is 16.4. The molecule has 0 radical (unpaired) electrons. The molecule has 0 aliphatic heterocycles. The number of halogens is 1. The van der Waals surface area contributed by atoms with Crippen molar-refractivity contribution in [1.82, 2.24) is 4.98 Å². The lowest BCUT2D eigenvalue weighted by Gasteiger charge is -2.09. The van der Waals surface area contributed by atoms with Crippen molar-refractivity contribution in [3.8, 4) is 5.75 Å². The summed E-state index contributed by atoms with van der Waals surface area (Å²) in [6.45, 7) is 0.604. The van der Waals surface area contributed by atoms with Gasteiger partial charge in [-0.05, 0) is 54.1 Å². The van der Waals surface area contributed by atoms with Crippen molar-refractivity contribution in [2.45, 2.75) is 6.54 Å². The fourth-order valence-electron chi connectivity index (χ4n) is 2.34. The Kier molecular flexibility index (Phi) is 5.43. The van der Waals surface area contributed by atoms with Crippen LogP contribution in [0.3, 0.4) is 0 Å². The van der Waals surface area contributed by atoms with Crippen molar-refractivity contribution in [3.63, 3.8) is 0 Å². The number of rotatable bonds is 6. The summed E-state index contributed by atoms with van der Waals surface area (Å²) in [5.74, 6) is 0.0907. The summed E-state index contributed by atoms with van der Waals surface area (Å²) in [6.07, 6.45) is 1.57. The average molecular weight is 351 g/mol. The number of pyridine rings is 1. The Balaban J connectivity index is 1.63. The Morgan fingerprint density at radius 3 is 2.46 bits per heavy atom. The zero-order valence-corrected chi connectivity index (χ0v) is 14.2. The first kappa shape index (κ1) is 17.4. The number of hydrogen-bond acceptors (Lipinski definition) is 4. The SMILES string of the molecule is COc1ccc(CNc2ccnc(C(=O)Nc3ccc(F)cc3)c2)cc1. The van der Waals surface area contributed by atoms with Gasteiger partial charge in [0, 0.05) is 24.1 Å². The number of benzene rings is 2.